The molecule has 0 radical (unpaired) electrons. The summed E-state index contributed by atoms with van der Waals surface area (Å²) < 4.78 is 5.38. The van der Waals surface area contributed by atoms with E-state index in [-0.39, 0.29) is 5.92 Å². The van der Waals surface area contributed by atoms with Gasteiger partial charge < -0.3 is 14.7 Å². The summed E-state index contributed by atoms with van der Waals surface area (Å²) in [5.41, 5.74) is 9.67. The fourth-order valence-corrected chi connectivity index (χ4v) is 4.28. The molecule has 2 N–H and O–H groups in total. The van der Waals surface area contributed by atoms with Crippen LogP contribution < -0.4 is 4.74 Å². The van der Waals surface area contributed by atoms with Gasteiger partial charge in [0.2, 0.25) is 0 Å². The number of methoxy groups -OCH3 is 1. The molecule has 0 amide bonds. The van der Waals surface area contributed by atoms with E-state index in [1.807, 2.05) is 0 Å². The van der Waals surface area contributed by atoms with Crippen molar-refractivity contribution >= 4 is 0 Å². The van der Waals surface area contributed by atoms with Gasteiger partial charge in [0.25, 0.3) is 0 Å². The van der Waals surface area contributed by atoms with E-state index in [0.29, 0.717) is 0 Å². The van der Waals surface area contributed by atoms with E-state index < -0.39 is 0 Å². The van der Waals surface area contributed by atoms with Gasteiger partial charge >= 0.3 is 0 Å². The maximum atomic E-state index is 5.38. The lowest BCUT2D eigenvalue weighted by Crippen LogP contribution is -2.10. The number of nitrogens with one attached hydrogen (secondary N) is 2. The van der Waals surface area contributed by atoms with E-state index in [9.17, 15) is 0 Å². The first-order chi connectivity index (χ1) is 13.2. The third kappa shape index (κ3) is 3.55. The molecule has 3 aromatic rings. The summed E-state index contributed by atoms with van der Waals surface area (Å²) in [5.74, 6) is 1.08. The Morgan fingerprint density at radius 1 is 0.741 bits per heavy atom. The average Bonchev–Trinajstić information content (AvgIpc) is 3.32. The summed E-state index contributed by atoms with van der Waals surface area (Å²) in [6, 6.07) is 8.52. The van der Waals surface area contributed by atoms with Crippen LogP contribution in [0.3, 0.4) is 0 Å². The Balaban J connectivity index is 2.21. The standard InChI is InChI=1S/C24H32N2O/c1-6-16-14-25-23(20(16)8-3)22(18-10-12-19(27-5)13-11-18)24-21(9-4)17(7-2)15-26-24/h10-15,22,25-26H,6-9H2,1-5H3. The summed E-state index contributed by atoms with van der Waals surface area (Å²) in [4.78, 5) is 7.26. The second kappa shape index (κ2) is 8.51. The van der Waals surface area contributed by atoms with Crippen molar-refractivity contribution in [1.82, 2.24) is 9.97 Å². The van der Waals surface area contributed by atoms with Crippen molar-refractivity contribution in [3.63, 3.8) is 0 Å². The molecule has 1 aromatic carbocycles. The molecule has 0 aliphatic carbocycles. The smallest absolute Gasteiger partial charge is 0.118 e. The van der Waals surface area contributed by atoms with Crippen molar-refractivity contribution in [2.24, 2.45) is 0 Å². The minimum absolute atomic E-state index is 0.182. The van der Waals surface area contributed by atoms with Gasteiger partial charge in [-0.1, -0.05) is 39.8 Å². The second-order valence-corrected chi connectivity index (χ2v) is 7.03. The highest BCUT2D eigenvalue weighted by Gasteiger charge is 2.26. The quantitative estimate of drug-likeness (QED) is 0.522. The predicted molar refractivity (Wildman–Crippen MR) is 113 cm³/mol. The number of aromatic nitrogens is 2. The lowest BCUT2D eigenvalue weighted by atomic mass is 9.86. The van der Waals surface area contributed by atoms with Crippen molar-refractivity contribution in [1.29, 1.82) is 0 Å². The van der Waals surface area contributed by atoms with Crippen molar-refractivity contribution in [3.8, 4) is 5.75 Å². The number of hydrogen-bond acceptors (Lipinski definition) is 1. The number of ether oxygens (including phenoxy) is 1. The van der Waals surface area contributed by atoms with Crippen LogP contribution in [0, 0.1) is 0 Å². The van der Waals surface area contributed by atoms with Gasteiger partial charge in [0.1, 0.15) is 5.75 Å². The normalized spacial score (nSPS) is 11.3. The SMILES string of the molecule is CCc1c[nH]c(C(c2ccc(OC)cc2)c2[nH]cc(CC)c2CC)c1CC. The molecule has 3 heteroatoms. The van der Waals surface area contributed by atoms with Gasteiger partial charge in [-0.05, 0) is 65.6 Å². The number of hydrogen-bond donors (Lipinski definition) is 2. The summed E-state index contributed by atoms with van der Waals surface area (Å²) >= 11 is 0. The molecule has 144 valence electrons. The van der Waals surface area contributed by atoms with Gasteiger partial charge in [0.05, 0.1) is 13.0 Å². The minimum Gasteiger partial charge on any atom is -0.497 e. The highest BCUT2D eigenvalue weighted by atomic mass is 16.5. The molecule has 27 heavy (non-hydrogen) atoms. The van der Waals surface area contributed by atoms with Gasteiger partial charge in [-0.15, -0.1) is 0 Å². The Hall–Kier alpha value is -2.42. The van der Waals surface area contributed by atoms with Gasteiger partial charge in [-0.2, -0.15) is 0 Å². The van der Waals surface area contributed by atoms with Gasteiger partial charge in [0, 0.05) is 23.8 Å². The van der Waals surface area contributed by atoms with Crippen LogP contribution >= 0.6 is 0 Å². The van der Waals surface area contributed by atoms with E-state index in [4.69, 9.17) is 4.74 Å². The van der Waals surface area contributed by atoms with E-state index >= 15 is 0 Å². The van der Waals surface area contributed by atoms with Crippen molar-refractivity contribution < 1.29 is 4.74 Å². The largest absolute Gasteiger partial charge is 0.497 e. The predicted octanol–water partition coefficient (Wildman–Crippen LogP) is 5.78. The number of aryl methyl sites for hydroxylation is 2. The zero-order chi connectivity index (χ0) is 19.4. The molecule has 0 fully saturated rings. The Morgan fingerprint density at radius 3 is 1.59 bits per heavy atom. The van der Waals surface area contributed by atoms with Crippen LogP contribution in [0.5, 0.6) is 5.75 Å². The van der Waals surface area contributed by atoms with E-state index in [1.165, 1.54) is 39.2 Å². The Bertz CT molecular complexity index is 820. The summed E-state index contributed by atoms with van der Waals surface area (Å²) in [6.07, 6.45) is 8.58. The lowest BCUT2D eigenvalue weighted by molar-refractivity contribution is 0.414. The number of benzene rings is 1. The topological polar surface area (TPSA) is 40.8 Å². The molecular formula is C24H32N2O. The van der Waals surface area contributed by atoms with Crippen LogP contribution in [0.15, 0.2) is 36.7 Å². The monoisotopic (exact) mass is 364 g/mol. The van der Waals surface area contributed by atoms with Crippen LogP contribution in [0.1, 0.15) is 72.8 Å². The number of aromatic amines is 2. The Labute approximate surface area is 163 Å². The zero-order valence-corrected chi connectivity index (χ0v) is 17.3. The molecule has 0 atom stereocenters. The van der Waals surface area contributed by atoms with Crippen LogP contribution in [0.25, 0.3) is 0 Å². The van der Waals surface area contributed by atoms with Crippen LogP contribution in [0.4, 0.5) is 0 Å². The molecule has 2 aromatic heterocycles. The third-order valence-electron chi connectivity index (χ3n) is 5.72. The van der Waals surface area contributed by atoms with E-state index in [0.717, 1.165) is 31.4 Å². The summed E-state index contributed by atoms with van der Waals surface area (Å²) in [5, 5.41) is 0. The first-order valence-electron chi connectivity index (χ1n) is 10.2. The van der Waals surface area contributed by atoms with Gasteiger partial charge in [-0.25, -0.2) is 0 Å². The van der Waals surface area contributed by atoms with Crippen molar-refractivity contribution in [3.05, 3.63) is 75.9 Å². The molecule has 0 bridgehead atoms. The minimum atomic E-state index is 0.182. The highest BCUT2D eigenvalue weighted by Crippen LogP contribution is 2.37. The maximum absolute atomic E-state index is 5.38. The molecule has 2 heterocycles. The van der Waals surface area contributed by atoms with Crippen molar-refractivity contribution in [2.75, 3.05) is 7.11 Å². The fourth-order valence-electron chi connectivity index (χ4n) is 4.28. The van der Waals surface area contributed by atoms with Crippen molar-refractivity contribution in [2.45, 2.75) is 59.3 Å². The highest BCUT2D eigenvalue weighted by molar-refractivity contribution is 5.49. The number of rotatable bonds is 8. The molecular weight excluding hydrogens is 332 g/mol. The molecule has 0 aliphatic rings. The summed E-state index contributed by atoms with van der Waals surface area (Å²) in [6.45, 7) is 8.97. The van der Waals surface area contributed by atoms with Crippen LogP contribution in [0.2, 0.25) is 0 Å². The Morgan fingerprint density at radius 2 is 1.22 bits per heavy atom. The fraction of sp³-hybridized carbons (Fsp3) is 0.417. The molecule has 0 unspecified atom stereocenters. The molecule has 0 spiro atoms. The van der Waals surface area contributed by atoms with Crippen LogP contribution in [-0.2, 0) is 25.7 Å². The van der Waals surface area contributed by atoms with Crippen LogP contribution in [-0.4, -0.2) is 17.1 Å². The summed E-state index contributed by atoms with van der Waals surface area (Å²) in [7, 11) is 1.72. The van der Waals surface area contributed by atoms with Gasteiger partial charge in [0.15, 0.2) is 0 Å². The average molecular weight is 365 g/mol. The molecule has 0 aliphatic heterocycles. The maximum Gasteiger partial charge on any atom is 0.118 e. The Kier molecular flexibility index (Phi) is 6.10. The number of H-pyrrole nitrogens is 2. The second-order valence-electron chi connectivity index (χ2n) is 7.03. The van der Waals surface area contributed by atoms with E-state index in [1.54, 1.807) is 7.11 Å². The first-order valence-corrected chi connectivity index (χ1v) is 10.2. The third-order valence-corrected chi connectivity index (χ3v) is 5.72. The zero-order valence-electron chi connectivity index (χ0n) is 17.3. The first kappa shape index (κ1) is 19.3. The molecule has 0 saturated heterocycles. The van der Waals surface area contributed by atoms with E-state index in [2.05, 4.69) is 74.3 Å². The lowest BCUT2D eigenvalue weighted by Gasteiger charge is -2.20. The molecule has 3 rings (SSSR count). The van der Waals surface area contributed by atoms with Gasteiger partial charge in [-0.3, -0.25) is 0 Å². The molecule has 0 saturated carbocycles. The molecule has 3 nitrogen and oxygen atoms in total.